The molecule has 0 radical (unpaired) electrons. The Hall–Kier alpha value is -3.07. The third kappa shape index (κ3) is 4.23. The Morgan fingerprint density at radius 2 is 1.13 bits per heavy atom. The molecule has 4 rings (SSSR count). The largest absolute Gasteiger partial charge is 0.422 e. The number of rotatable bonds is 7. The van der Waals surface area contributed by atoms with Gasteiger partial charge >= 0.3 is 10.1 Å². The van der Waals surface area contributed by atoms with Crippen LogP contribution >= 0.6 is 10.3 Å². The molecule has 0 fully saturated rings. The summed E-state index contributed by atoms with van der Waals surface area (Å²) in [4.78, 5) is 13.7. The molecular weight excluding hydrogens is 430 g/mol. The molecule has 31 heavy (non-hydrogen) atoms. The topological polar surface area (TPSA) is 85.6 Å². The second-order valence-electron chi connectivity index (χ2n) is 6.63. The molecule has 0 bridgehead atoms. The lowest BCUT2D eigenvalue weighted by Gasteiger charge is -2.31. The van der Waals surface area contributed by atoms with Crippen molar-refractivity contribution in [2.45, 2.75) is 33.3 Å². The van der Waals surface area contributed by atoms with Crippen molar-refractivity contribution in [2.75, 3.05) is 0 Å². The van der Waals surface area contributed by atoms with Crippen molar-refractivity contribution >= 4 is 20.4 Å². The van der Waals surface area contributed by atoms with Crippen molar-refractivity contribution in [1.29, 1.82) is 0 Å². The van der Waals surface area contributed by atoms with Gasteiger partial charge in [-0.05, 0) is 60.5 Å². The van der Waals surface area contributed by atoms with Crippen LogP contribution in [-0.4, -0.2) is 27.0 Å². The summed E-state index contributed by atoms with van der Waals surface area (Å²) in [6.45, 7) is 2.02. The molecule has 0 atom stereocenters. The minimum atomic E-state index is -4.05. The molecule has 0 saturated heterocycles. The number of benzene rings is 1. The second kappa shape index (κ2) is 8.97. The molecule has 1 N–H and O–H groups in total. The first-order valence-corrected chi connectivity index (χ1v) is 12.7. The average molecular weight is 453 g/mol. The van der Waals surface area contributed by atoms with Crippen LogP contribution < -0.4 is 0 Å². The van der Waals surface area contributed by atoms with E-state index in [2.05, 4.69) is 18.6 Å². The predicted molar refractivity (Wildman–Crippen MR) is 121 cm³/mol. The van der Waals surface area contributed by atoms with E-state index in [-0.39, 0.29) is 4.90 Å². The standard InChI is InChI=1S/C23H21N3O3S2/c1-2-19-12-14-20(15-13-19)31(27,28)29-30(21-9-3-6-16-24-21,22-10-4-7-17-25-22)23-11-5-8-18-26-23/h3-18H,2H2,1H3/p+1. The fourth-order valence-corrected chi connectivity index (χ4v) is 8.12. The Kier molecular flexibility index (Phi) is 6.13. The Morgan fingerprint density at radius 1 is 0.677 bits per heavy atom. The Bertz CT molecular complexity index is 1140. The van der Waals surface area contributed by atoms with E-state index in [1.165, 1.54) is 0 Å². The third-order valence-electron chi connectivity index (χ3n) is 4.66. The maximum Gasteiger partial charge on any atom is 0.422 e. The maximum absolute atomic E-state index is 13.5. The van der Waals surface area contributed by atoms with E-state index in [0.29, 0.717) is 15.1 Å². The minimum absolute atomic E-state index is 0.129. The first kappa shape index (κ1) is 21.2. The zero-order valence-electron chi connectivity index (χ0n) is 16.9. The first-order valence-electron chi connectivity index (χ1n) is 9.71. The highest BCUT2D eigenvalue weighted by molar-refractivity contribution is 8.32. The molecule has 0 amide bonds. The van der Waals surface area contributed by atoms with Crippen LogP contribution in [0.3, 0.4) is 0 Å². The van der Waals surface area contributed by atoms with Crippen molar-refractivity contribution in [1.82, 2.24) is 15.0 Å². The molecule has 3 heterocycles. The zero-order valence-corrected chi connectivity index (χ0v) is 18.5. The molecule has 3 aromatic heterocycles. The summed E-state index contributed by atoms with van der Waals surface area (Å²) in [5.41, 5.74) is 1.05. The molecule has 0 saturated carbocycles. The molecule has 0 aliphatic heterocycles. The number of hydrogen-bond acceptors (Lipinski definition) is 5. The number of hydrogen-bond donors (Lipinski definition) is 0. The molecule has 6 nitrogen and oxygen atoms in total. The van der Waals surface area contributed by atoms with E-state index in [1.54, 1.807) is 67.1 Å². The molecule has 0 aliphatic carbocycles. The highest BCUT2D eigenvalue weighted by atomic mass is 32.3. The Labute approximate surface area is 183 Å². The summed E-state index contributed by atoms with van der Waals surface area (Å²) < 4.78 is 31.6. The molecule has 4 aromatic rings. The Balaban J connectivity index is 1.96. The number of nitrogens with zero attached hydrogens (tertiary/aromatic N) is 3. The number of aryl methyl sites for hydroxylation is 1. The van der Waals surface area contributed by atoms with Gasteiger partial charge in [-0.1, -0.05) is 37.3 Å². The highest BCUT2D eigenvalue weighted by Crippen LogP contribution is 2.66. The maximum atomic E-state index is 13.5. The predicted octanol–water partition coefficient (Wildman–Crippen LogP) is 5.11. The summed E-state index contributed by atoms with van der Waals surface area (Å²) in [7, 11) is -6.80. The first-order chi connectivity index (χ1) is 15.1. The average Bonchev–Trinajstić information content (AvgIpc) is 2.84. The molecule has 1 aromatic carbocycles. The lowest BCUT2D eigenvalue weighted by molar-refractivity contribution is 0.383. The lowest BCUT2D eigenvalue weighted by Crippen LogP contribution is -2.20. The van der Waals surface area contributed by atoms with Crippen molar-refractivity contribution in [3.8, 4) is 0 Å². The monoisotopic (exact) mass is 452 g/mol. The van der Waals surface area contributed by atoms with Crippen LogP contribution in [0.5, 0.6) is 0 Å². The van der Waals surface area contributed by atoms with E-state index >= 15 is 0 Å². The third-order valence-corrected chi connectivity index (χ3v) is 9.75. The van der Waals surface area contributed by atoms with Gasteiger partial charge < -0.3 is 0 Å². The van der Waals surface area contributed by atoms with Crippen molar-refractivity contribution < 1.29 is 12.0 Å². The molecule has 158 valence electrons. The van der Waals surface area contributed by atoms with Crippen molar-refractivity contribution in [3.63, 3.8) is 0 Å². The summed E-state index contributed by atoms with van der Waals surface area (Å²) in [6.07, 6.45) is 5.70. The van der Waals surface area contributed by atoms with Crippen LogP contribution in [-0.2, 0) is 16.5 Å². The van der Waals surface area contributed by atoms with Gasteiger partial charge in [0, 0.05) is 18.6 Å². The van der Waals surface area contributed by atoms with E-state index in [0.717, 1.165) is 12.0 Å². The van der Waals surface area contributed by atoms with Crippen LogP contribution in [0.15, 0.2) is 117 Å². The van der Waals surface area contributed by atoms with Gasteiger partial charge in [-0.25, -0.2) is 15.0 Å². The molecule has 0 unspecified atom stereocenters. The van der Waals surface area contributed by atoms with Crippen LogP contribution in [0.1, 0.15) is 12.5 Å². The molecule has 0 spiro atoms. The van der Waals surface area contributed by atoms with Gasteiger partial charge in [0.25, 0.3) is 0 Å². The fourth-order valence-electron chi connectivity index (χ4n) is 3.09. The normalized spacial score (nSPS) is 12.4. The van der Waals surface area contributed by atoms with Crippen LogP contribution in [0.25, 0.3) is 0 Å². The van der Waals surface area contributed by atoms with Crippen LogP contribution in [0, 0.1) is 0 Å². The molecule has 8 heteroatoms. The van der Waals surface area contributed by atoms with E-state index in [1.807, 2.05) is 37.3 Å². The highest BCUT2D eigenvalue weighted by Gasteiger charge is 2.47. The van der Waals surface area contributed by atoms with Crippen LogP contribution in [0.2, 0.25) is 0 Å². The van der Waals surface area contributed by atoms with E-state index in [9.17, 15) is 8.42 Å². The summed E-state index contributed by atoms with van der Waals surface area (Å²) in [6, 6.07) is 22.9. The van der Waals surface area contributed by atoms with Gasteiger partial charge in [0.2, 0.25) is 0 Å². The van der Waals surface area contributed by atoms with E-state index in [4.69, 9.17) is 0 Å². The van der Waals surface area contributed by atoms with Crippen molar-refractivity contribution in [3.05, 3.63) is 103 Å². The van der Waals surface area contributed by atoms with Gasteiger partial charge in [-0.2, -0.15) is 0 Å². The summed E-state index contributed by atoms with van der Waals surface area (Å²) >= 11 is 0. The quantitative estimate of drug-likeness (QED) is 0.287. The second-order valence-corrected chi connectivity index (χ2v) is 11.1. The smallest absolute Gasteiger partial charge is 0.255 e. The lowest BCUT2D eigenvalue weighted by atomic mass is 10.2. The minimum Gasteiger partial charge on any atom is -0.255 e. The molecule has 0 aliphatic rings. The molecular formula is C23H22N3O3S2+. The zero-order chi connectivity index (χ0) is 21.7. The van der Waals surface area contributed by atoms with E-state index < -0.39 is 20.4 Å². The van der Waals surface area contributed by atoms with Gasteiger partial charge in [0.05, 0.1) is 0 Å². The number of aromatic nitrogens is 3. The summed E-state index contributed by atoms with van der Waals surface area (Å²) in [5.74, 6) is 0. The van der Waals surface area contributed by atoms with Crippen LogP contribution in [0.4, 0.5) is 0 Å². The SMILES string of the molecule is CCc1ccc(S(=O)(=O)[OH+]S(c2ccccn2)(c2ccccn2)c2ccccn2)cc1. The Morgan fingerprint density at radius 3 is 1.48 bits per heavy atom. The van der Waals surface area contributed by atoms with Gasteiger partial charge in [0.1, 0.15) is 15.2 Å². The number of pyridine rings is 3. The van der Waals surface area contributed by atoms with Gasteiger partial charge in [0.15, 0.2) is 15.1 Å². The van der Waals surface area contributed by atoms with Gasteiger partial charge in [-0.15, -0.1) is 8.42 Å². The fraction of sp³-hybridized carbons (Fsp3) is 0.0870. The van der Waals surface area contributed by atoms with Crippen molar-refractivity contribution in [2.24, 2.45) is 0 Å². The summed E-state index contributed by atoms with van der Waals surface area (Å²) in [5, 5.41) is 1.50. The van der Waals surface area contributed by atoms with Gasteiger partial charge in [-0.3, -0.25) is 3.63 Å².